The van der Waals surface area contributed by atoms with Crippen LogP contribution in [0.4, 0.5) is 0 Å². The van der Waals surface area contributed by atoms with Crippen LogP contribution >= 0.6 is 0 Å². The Morgan fingerprint density at radius 3 is 2.13 bits per heavy atom. The third-order valence-electron chi connectivity index (χ3n) is 4.12. The van der Waals surface area contributed by atoms with Crippen molar-refractivity contribution in [3.63, 3.8) is 0 Å². The van der Waals surface area contributed by atoms with Gasteiger partial charge in [-0.05, 0) is 32.6 Å². The molecule has 0 spiro atoms. The summed E-state index contributed by atoms with van der Waals surface area (Å²) >= 11 is 0. The smallest absolute Gasteiger partial charge is 0.214 e. The van der Waals surface area contributed by atoms with E-state index in [9.17, 15) is 0 Å². The second-order valence-corrected chi connectivity index (χ2v) is 10.6. The molecule has 0 saturated carbocycles. The Bertz CT molecular complexity index is 774. The van der Waals surface area contributed by atoms with Crippen LogP contribution in [0.3, 0.4) is 0 Å². The summed E-state index contributed by atoms with van der Waals surface area (Å²) in [5.74, 6) is 0. The zero-order valence-electron chi connectivity index (χ0n) is 14.1. The maximum absolute atomic E-state index is 6.47. The SMILES string of the molecule is CC(C)(C)[Si@H](OCc1ccc2ccccc2c1)c1ccccc1. The molecule has 23 heavy (non-hydrogen) atoms. The quantitative estimate of drug-likeness (QED) is 0.628. The van der Waals surface area contributed by atoms with Gasteiger partial charge in [-0.1, -0.05) is 87.5 Å². The van der Waals surface area contributed by atoms with E-state index in [0.717, 1.165) is 0 Å². The Morgan fingerprint density at radius 1 is 0.783 bits per heavy atom. The molecule has 118 valence electrons. The first-order valence-electron chi connectivity index (χ1n) is 8.18. The van der Waals surface area contributed by atoms with Crippen LogP contribution in [-0.4, -0.2) is 9.04 Å². The first-order valence-corrected chi connectivity index (χ1v) is 9.81. The van der Waals surface area contributed by atoms with Crippen LogP contribution in [0.2, 0.25) is 5.04 Å². The minimum Gasteiger partial charge on any atom is -0.411 e. The van der Waals surface area contributed by atoms with Gasteiger partial charge < -0.3 is 4.43 Å². The first-order chi connectivity index (χ1) is 11.0. The average Bonchev–Trinajstić information content (AvgIpc) is 2.55. The van der Waals surface area contributed by atoms with Crippen LogP contribution in [-0.2, 0) is 11.0 Å². The molecule has 0 radical (unpaired) electrons. The van der Waals surface area contributed by atoms with Gasteiger partial charge in [0.15, 0.2) is 0 Å². The van der Waals surface area contributed by atoms with E-state index < -0.39 is 9.04 Å². The highest BCUT2D eigenvalue weighted by atomic mass is 28.3. The summed E-state index contributed by atoms with van der Waals surface area (Å²) in [6.07, 6.45) is 0. The molecule has 0 aliphatic rings. The van der Waals surface area contributed by atoms with E-state index >= 15 is 0 Å². The number of hydrogen-bond donors (Lipinski definition) is 0. The Hall–Kier alpha value is -1.90. The fourth-order valence-electron chi connectivity index (χ4n) is 2.98. The lowest BCUT2D eigenvalue weighted by atomic mass is 10.1. The molecule has 3 rings (SSSR count). The minimum atomic E-state index is -1.51. The summed E-state index contributed by atoms with van der Waals surface area (Å²) in [7, 11) is -1.51. The summed E-state index contributed by atoms with van der Waals surface area (Å²) in [6, 6.07) is 25.8. The highest BCUT2D eigenvalue weighted by Gasteiger charge is 2.29. The van der Waals surface area contributed by atoms with E-state index in [-0.39, 0.29) is 5.04 Å². The molecule has 3 aromatic rings. The fourth-order valence-corrected chi connectivity index (χ4v) is 5.61. The molecular weight excluding hydrogens is 296 g/mol. The first kappa shape index (κ1) is 16.0. The van der Waals surface area contributed by atoms with Gasteiger partial charge in [-0.2, -0.15) is 0 Å². The molecule has 0 heterocycles. The van der Waals surface area contributed by atoms with Crippen molar-refractivity contribution in [2.45, 2.75) is 32.4 Å². The second kappa shape index (κ2) is 6.69. The number of fused-ring (bicyclic) bond motifs is 1. The molecule has 0 N–H and O–H groups in total. The lowest BCUT2D eigenvalue weighted by Gasteiger charge is -2.29. The van der Waals surface area contributed by atoms with Gasteiger partial charge in [0.1, 0.15) is 0 Å². The van der Waals surface area contributed by atoms with E-state index in [4.69, 9.17) is 4.43 Å². The third-order valence-corrected chi connectivity index (χ3v) is 7.18. The molecule has 0 unspecified atom stereocenters. The van der Waals surface area contributed by atoms with E-state index in [1.807, 2.05) is 0 Å². The molecule has 0 bridgehead atoms. The topological polar surface area (TPSA) is 9.23 Å². The van der Waals surface area contributed by atoms with Crippen molar-refractivity contribution in [1.82, 2.24) is 0 Å². The number of hydrogen-bond acceptors (Lipinski definition) is 1. The van der Waals surface area contributed by atoms with Crippen LogP contribution in [0.5, 0.6) is 0 Å². The minimum absolute atomic E-state index is 0.193. The molecular formula is C21H24OSi. The Labute approximate surface area is 140 Å². The lowest BCUT2D eigenvalue weighted by molar-refractivity contribution is 0.298. The van der Waals surface area contributed by atoms with Crippen molar-refractivity contribution in [3.8, 4) is 0 Å². The Morgan fingerprint density at radius 2 is 1.43 bits per heavy atom. The van der Waals surface area contributed by atoms with Crippen LogP contribution < -0.4 is 5.19 Å². The lowest BCUT2D eigenvalue weighted by Crippen LogP contribution is -2.41. The van der Waals surface area contributed by atoms with Gasteiger partial charge in [-0.15, -0.1) is 0 Å². The summed E-state index contributed by atoms with van der Waals surface area (Å²) < 4.78 is 6.47. The van der Waals surface area contributed by atoms with Gasteiger partial charge in [0, 0.05) is 0 Å². The van der Waals surface area contributed by atoms with Gasteiger partial charge >= 0.3 is 0 Å². The summed E-state index contributed by atoms with van der Waals surface area (Å²) in [4.78, 5) is 0. The highest BCUT2D eigenvalue weighted by Crippen LogP contribution is 2.28. The van der Waals surface area contributed by atoms with Crippen molar-refractivity contribution in [2.75, 3.05) is 0 Å². The largest absolute Gasteiger partial charge is 0.411 e. The molecule has 0 saturated heterocycles. The van der Waals surface area contributed by atoms with Crippen molar-refractivity contribution >= 4 is 25.0 Å². The van der Waals surface area contributed by atoms with Gasteiger partial charge in [0.25, 0.3) is 0 Å². The molecule has 0 amide bonds. The molecule has 0 aliphatic heterocycles. The van der Waals surface area contributed by atoms with E-state index in [1.165, 1.54) is 21.5 Å². The molecule has 1 atom stereocenters. The summed E-state index contributed by atoms with van der Waals surface area (Å²) in [5, 5.41) is 4.13. The standard InChI is InChI=1S/C21H24OSi/c1-21(2,3)23(20-11-5-4-6-12-20)22-16-17-13-14-18-9-7-8-10-19(18)15-17/h4-15,23H,16H2,1-3H3/t23-/m1/s1. The van der Waals surface area contributed by atoms with E-state index in [1.54, 1.807) is 0 Å². The van der Waals surface area contributed by atoms with Crippen LogP contribution in [0.25, 0.3) is 10.8 Å². The summed E-state index contributed by atoms with van der Waals surface area (Å²) in [6.45, 7) is 7.56. The predicted molar refractivity (Wildman–Crippen MR) is 102 cm³/mol. The molecule has 0 aliphatic carbocycles. The third kappa shape index (κ3) is 3.90. The van der Waals surface area contributed by atoms with Gasteiger partial charge in [-0.25, -0.2) is 0 Å². The van der Waals surface area contributed by atoms with Crippen LogP contribution in [0.15, 0.2) is 72.8 Å². The van der Waals surface area contributed by atoms with Gasteiger partial charge in [0.2, 0.25) is 9.04 Å². The molecule has 1 nitrogen and oxygen atoms in total. The van der Waals surface area contributed by atoms with Gasteiger partial charge in [-0.3, -0.25) is 0 Å². The second-order valence-electron chi connectivity index (χ2n) is 7.15. The van der Waals surface area contributed by atoms with E-state index in [2.05, 4.69) is 93.6 Å². The molecule has 0 aromatic heterocycles. The molecule has 2 heteroatoms. The predicted octanol–water partition coefficient (Wildman–Crippen LogP) is 4.79. The average molecular weight is 321 g/mol. The number of rotatable bonds is 4. The normalized spacial score (nSPS) is 13.2. The van der Waals surface area contributed by atoms with Crippen LogP contribution in [0, 0.1) is 0 Å². The highest BCUT2D eigenvalue weighted by molar-refractivity contribution is 6.70. The Balaban J connectivity index is 1.80. The summed E-state index contributed by atoms with van der Waals surface area (Å²) in [5.41, 5.74) is 1.25. The number of benzene rings is 3. The monoisotopic (exact) mass is 320 g/mol. The van der Waals surface area contributed by atoms with Crippen molar-refractivity contribution in [3.05, 3.63) is 78.4 Å². The molecule has 3 aromatic carbocycles. The zero-order valence-corrected chi connectivity index (χ0v) is 15.3. The van der Waals surface area contributed by atoms with Crippen molar-refractivity contribution in [1.29, 1.82) is 0 Å². The van der Waals surface area contributed by atoms with Crippen molar-refractivity contribution in [2.24, 2.45) is 0 Å². The zero-order chi connectivity index (χ0) is 16.3. The van der Waals surface area contributed by atoms with Gasteiger partial charge in [0.05, 0.1) is 6.61 Å². The molecule has 0 fully saturated rings. The maximum Gasteiger partial charge on any atom is 0.214 e. The maximum atomic E-state index is 6.47. The fraction of sp³-hybridized carbons (Fsp3) is 0.238. The Kier molecular flexibility index (Phi) is 4.65. The van der Waals surface area contributed by atoms with Crippen molar-refractivity contribution < 1.29 is 4.43 Å². The van der Waals surface area contributed by atoms with Crippen LogP contribution in [0.1, 0.15) is 26.3 Å². The van der Waals surface area contributed by atoms with E-state index in [0.29, 0.717) is 6.61 Å².